The zero-order valence-electron chi connectivity index (χ0n) is 10.3. The maximum atomic E-state index is 13.5. The van der Waals surface area contributed by atoms with Crippen LogP contribution in [0.3, 0.4) is 0 Å². The van der Waals surface area contributed by atoms with Crippen molar-refractivity contribution in [2.24, 2.45) is 0 Å². The summed E-state index contributed by atoms with van der Waals surface area (Å²) >= 11 is 3.28. The number of benzene rings is 1. The number of aryl methyl sites for hydroxylation is 1. The molecule has 0 unspecified atom stereocenters. The number of halogens is 3. The first kappa shape index (κ1) is 13.9. The van der Waals surface area contributed by atoms with Crippen LogP contribution >= 0.6 is 15.9 Å². The van der Waals surface area contributed by atoms with Crippen molar-refractivity contribution in [1.29, 1.82) is 0 Å². The van der Waals surface area contributed by atoms with Crippen LogP contribution in [0.5, 0.6) is 0 Å². The van der Waals surface area contributed by atoms with Gasteiger partial charge in [0.1, 0.15) is 27.9 Å². The van der Waals surface area contributed by atoms with Gasteiger partial charge in [0.2, 0.25) is 0 Å². The fourth-order valence-electron chi connectivity index (χ4n) is 1.59. The zero-order valence-corrected chi connectivity index (χ0v) is 11.8. The van der Waals surface area contributed by atoms with Crippen LogP contribution in [-0.4, -0.2) is 9.97 Å². The summed E-state index contributed by atoms with van der Waals surface area (Å²) in [5.74, 6) is -0.136. The van der Waals surface area contributed by atoms with Crippen molar-refractivity contribution in [3.05, 3.63) is 46.3 Å². The predicted octanol–water partition coefficient (Wildman–Crippen LogP) is 4.21. The highest BCUT2D eigenvalue weighted by Crippen LogP contribution is 2.21. The molecule has 0 saturated heterocycles. The van der Waals surface area contributed by atoms with Crippen molar-refractivity contribution in [2.45, 2.75) is 19.8 Å². The molecular weight excluding hydrogens is 316 g/mol. The molecule has 1 aromatic heterocycles. The summed E-state index contributed by atoms with van der Waals surface area (Å²) in [6.45, 7) is 2.02. The molecule has 6 heteroatoms. The van der Waals surface area contributed by atoms with Crippen LogP contribution in [0.15, 0.2) is 28.9 Å². The van der Waals surface area contributed by atoms with Gasteiger partial charge < -0.3 is 5.32 Å². The Bertz CT molecular complexity index is 590. The maximum Gasteiger partial charge on any atom is 0.149 e. The number of anilines is 2. The molecular formula is C13H12BrF2N3. The second-order valence-electron chi connectivity index (χ2n) is 3.99. The molecule has 0 atom stereocenters. The lowest BCUT2D eigenvalue weighted by Gasteiger charge is -2.08. The van der Waals surface area contributed by atoms with Gasteiger partial charge >= 0.3 is 0 Å². The largest absolute Gasteiger partial charge is 0.338 e. The maximum absolute atomic E-state index is 13.5. The van der Waals surface area contributed by atoms with E-state index in [4.69, 9.17) is 0 Å². The van der Waals surface area contributed by atoms with Crippen LogP contribution in [0.25, 0.3) is 0 Å². The van der Waals surface area contributed by atoms with Crippen LogP contribution in [0.1, 0.15) is 19.2 Å². The normalized spacial score (nSPS) is 10.5. The van der Waals surface area contributed by atoms with E-state index in [1.807, 2.05) is 6.92 Å². The van der Waals surface area contributed by atoms with Gasteiger partial charge in [0.25, 0.3) is 0 Å². The van der Waals surface area contributed by atoms with Gasteiger partial charge in [-0.15, -0.1) is 0 Å². The molecule has 100 valence electrons. The quantitative estimate of drug-likeness (QED) is 0.854. The van der Waals surface area contributed by atoms with Gasteiger partial charge in [-0.05, 0) is 34.5 Å². The van der Waals surface area contributed by atoms with Crippen LogP contribution in [0, 0.1) is 11.6 Å². The number of aromatic nitrogens is 2. The highest BCUT2D eigenvalue weighted by atomic mass is 79.9. The van der Waals surface area contributed by atoms with E-state index < -0.39 is 11.6 Å². The Balaban J connectivity index is 2.27. The number of nitrogens with one attached hydrogen (secondary N) is 1. The second kappa shape index (κ2) is 6.06. The van der Waals surface area contributed by atoms with Crippen molar-refractivity contribution < 1.29 is 8.78 Å². The number of rotatable bonds is 4. The number of nitrogens with zero attached hydrogens (tertiary/aromatic N) is 2. The summed E-state index contributed by atoms with van der Waals surface area (Å²) < 4.78 is 27.0. The lowest BCUT2D eigenvalue weighted by molar-refractivity contribution is 0.586. The van der Waals surface area contributed by atoms with Crippen molar-refractivity contribution in [3.8, 4) is 0 Å². The molecule has 0 fully saturated rings. The topological polar surface area (TPSA) is 37.8 Å². The fraction of sp³-hybridized carbons (Fsp3) is 0.231. The third-order valence-corrected chi connectivity index (χ3v) is 2.81. The van der Waals surface area contributed by atoms with Gasteiger partial charge in [-0.1, -0.05) is 6.92 Å². The molecule has 2 aromatic rings. The molecule has 1 heterocycles. The minimum Gasteiger partial charge on any atom is -0.338 e. The Labute approximate surface area is 118 Å². The van der Waals surface area contributed by atoms with Crippen LogP contribution in [-0.2, 0) is 6.42 Å². The first-order valence-corrected chi connectivity index (χ1v) is 6.63. The summed E-state index contributed by atoms with van der Waals surface area (Å²) in [5, 5.41) is 2.82. The molecule has 0 saturated carbocycles. The van der Waals surface area contributed by atoms with E-state index in [2.05, 4.69) is 31.2 Å². The molecule has 0 aliphatic rings. The average molecular weight is 328 g/mol. The standard InChI is InChI=1S/C13H12BrF2N3/c1-2-3-12-18-11(14)7-13(19-12)17-10-5-4-8(15)6-9(10)16/h4-7H,2-3H2,1H3,(H,17,18,19). The molecule has 0 radical (unpaired) electrons. The summed E-state index contributed by atoms with van der Waals surface area (Å²) in [6.07, 6.45) is 1.65. The summed E-state index contributed by atoms with van der Waals surface area (Å²) in [4.78, 5) is 8.48. The molecule has 0 spiro atoms. The Kier molecular flexibility index (Phi) is 4.42. The third kappa shape index (κ3) is 3.70. The zero-order chi connectivity index (χ0) is 13.8. The molecule has 0 aliphatic carbocycles. The third-order valence-electron chi connectivity index (χ3n) is 2.41. The molecule has 0 bridgehead atoms. The minimum absolute atomic E-state index is 0.175. The van der Waals surface area contributed by atoms with Crippen molar-refractivity contribution in [1.82, 2.24) is 9.97 Å². The Hall–Kier alpha value is -1.56. The van der Waals surface area contributed by atoms with Gasteiger partial charge in [0.15, 0.2) is 0 Å². The van der Waals surface area contributed by atoms with E-state index in [-0.39, 0.29) is 5.69 Å². The highest BCUT2D eigenvalue weighted by Gasteiger charge is 2.07. The van der Waals surface area contributed by atoms with E-state index in [0.29, 0.717) is 16.2 Å². The SMILES string of the molecule is CCCc1nc(Br)cc(Nc2ccc(F)cc2F)n1. The molecule has 0 amide bonds. The Morgan fingerprint density at radius 3 is 2.68 bits per heavy atom. The van der Waals surface area contributed by atoms with Gasteiger partial charge in [0.05, 0.1) is 5.69 Å². The van der Waals surface area contributed by atoms with E-state index in [9.17, 15) is 8.78 Å². The van der Waals surface area contributed by atoms with Gasteiger partial charge in [0, 0.05) is 18.6 Å². The van der Waals surface area contributed by atoms with E-state index in [0.717, 1.165) is 18.9 Å². The summed E-state index contributed by atoms with van der Waals surface area (Å²) in [6, 6.07) is 4.99. The van der Waals surface area contributed by atoms with Gasteiger partial charge in [-0.25, -0.2) is 18.7 Å². The van der Waals surface area contributed by atoms with Gasteiger partial charge in [-0.3, -0.25) is 0 Å². The first-order valence-electron chi connectivity index (χ1n) is 5.84. The van der Waals surface area contributed by atoms with Crippen molar-refractivity contribution >= 4 is 27.4 Å². The Morgan fingerprint density at radius 1 is 1.21 bits per heavy atom. The molecule has 1 N–H and O–H groups in total. The summed E-state index contributed by atoms with van der Waals surface area (Å²) in [7, 11) is 0. The molecule has 0 aliphatic heterocycles. The first-order chi connectivity index (χ1) is 9.08. The Morgan fingerprint density at radius 2 is 2.00 bits per heavy atom. The minimum atomic E-state index is -0.660. The fourth-order valence-corrected chi connectivity index (χ4v) is 2.01. The van der Waals surface area contributed by atoms with Crippen molar-refractivity contribution in [2.75, 3.05) is 5.32 Å². The van der Waals surface area contributed by atoms with Crippen LogP contribution in [0.4, 0.5) is 20.3 Å². The molecule has 19 heavy (non-hydrogen) atoms. The van der Waals surface area contributed by atoms with E-state index >= 15 is 0 Å². The number of hydrogen-bond acceptors (Lipinski definition) is 3. The molecule has 1 aromatic carbocycles. The summed E-state index contributed by atoms with van der Waals surface area (Å²) in [5.41, 5.74) is 0.175. The van der Waals surface area contributed by atoms with Crippen LogP contribution in [0.2, 0.25) is 0 Å². The van der Waals surface area contributed by atoms with Crippen molar-refractivity contribution in [3.63, 3.8) is 0 Å². The van der Waals surface area contributed by atoms with E-state index in [1.165, 1.54) is 12.1 Å². The smallest absolute Gasteiger partial charge is 0.149 e. The number of hydrogen-bond donors (Lipinski definition) is 1. The second-order valence-corrected chi connectivity index (χ2v) is 4.80. The predicted molar refractivity (Wildman–Crippen MR) is 73.4 cm³/mol. The van der Waals surface area contributed by atoms with E-state index in [1.54, 1.807) is 6.07 Å². The highest BCUT2D eigenvalue weighted by molar-refractivity contribution is 9.10. The molecule has 3 nitrogen and oxygen atoms in total. The average Bonchev–Trinajstić information content (AvgIpc) is 2.32. The molecule has 2 rings (SSSR count). The van der Waals surface area contributed by atoms with Gasteiger partial charge in [-0.2, -0.15) is 0 Å². The monoisotopic (exact) mass is 327 g/mol. The van der Waals surface area contributed by atoms with Crippen LogP contribution < -0.4 is 5.32 Å². The lowest BCUT2D eigenvalue weighted by atomic mass is 10.3. The lowest BCUT2D eigenvalue weighted by Crippen LogP contribution is -2.02.